The predicted molar refractivity (Wildman–Crippen MR) is 184 cm³/mol. The molecule has 5 rings (SSSR count). The number of hydrogen-bond acceptors (Lipinski definition) is 9. The summed E-state index contributed by atoms with van der Waals surface area (Å²) in [6, 6.07) is 10.0. The summed E-state index contributed by atoms with van der Waals surface area (Å²) in [6.45, 7) is 3.22. The number of likely N-dealkylation sites (tertiary alicyclic amines) is 1. The van der Waals surface area contributed by atoms with Crippen molar-refractivity contribution >= 4 is 44.9 Å². The van der Waals surface area contributed by atoms with Crippen LogP contribution in [-0.4, -0.2) is 78.0 Å². The summed E-state index contributed by atoms with van der Waals surface area (Å²) in [4.78, 5) is 19.0. The topological polar surface area (TPSA) is 139 Å². The van der Waals surface area contributed by atoms with E-state index in [0.717, 1.165) is 38.8 Å². The zero-order valence-corrected chi connectivity index (χ0v) is 29.7. The van der Waals surface area contributed by atoms with Crippen LogP contribution < -0.4 is 23.5 Å². The molecular weight excluding hydrogens is 681 g/mol. The highest BCUT2D eigenvalue weighted by Gasteiger charge is 2.28. The van der Waals surface area contributed by atoms with Crippen molar-refractivity contribution in [3.05, 3.63) is 75.5 Å². The standard InChI is InChI=1S/C34H41Cl2N3O7S.H2O/c1-43-30-12-10-24(17-33(30)44-2)31(19-26-27(35)20-37-21-28(26)36)46-34(40)25-9-11-29(32(18-25)45-22-23-7-8-23)39(47(3,41)42)16-15-38-13-5-4-6-14-38;/h9-12,17-18,20-21,23,31H,4-8,13-16,19,22H2,1-3H3;1H2/t31-;/m0./s1. The summed E-state index contributed by atoms with van der Waals surface area (Å²) in [5.41, 5.74) is 1.85. The summed E-state index contributed by atoms with van der Waals surface area (Å²) in [6.07, 6.45) is 9.29. The summed E-state index contributed by atoms with van der Waals surface area (Å²) in [5.74, 6) is 1.10. The molecule has 262 valence electrons. The Bertz CT molecular complexity index is 1650. The normalized spacial score (nSPS) is 15.6. The minimum Gasteiger partial charge on any atom is -0.870 e. The van der Waals surface area contributed by atoms with Crippen LogP contribution >= 0.6 is 23.2 Å². The molecule has 1 aromatic heterocycles. The molecule has 3 aromatic rings. The molecule has 0 bridgehead atoms. The van der Waals surface area contributed by atoms with Crippen LogP contribution in [0.1, 0.15) is 59.7 Å². The molecule has 1 aliphatic carbocycles. The Morgan fingerprint density at radius 3 is 2.29 bits per heavy atom. The van der Waals surface area contributed by atoms with Crippen molar-refractivity contribution in [1.82, 2.24) is 4.90 Å². The van der Waals surface area contributed by atoms with Crippen LogP contribution in [0.4, 0.5) is 5.69 Å². The molecule has 1 saturated carbocycles. The minimum atomic E-state index is -3.65. The fourth-order valence-electron chi connectivity index (χ4n) is 5.67. The zero-order valence-electron chi connectivity index (χ0n) is 27.4. The number of methoxy groups -OCH3 is 2. The summed E-state index contributed by atoms with van der Waals surface area (Å²) < 4.78 is 50.8. The number of pyridine rings is 1. The molecule has 48 heavy (non-hydrogen) atoms. The third-order valence-corrected chi connectivity index (χ3v) is 10.4. The lowest BCUT2D eigenvalue weighted by Crippen LogP contribution is -2.40. The summed E-state index contributed by atoms with van der Waals surface area (Å²) in [5, 5.41) is 0.786. The van der Waals surface area contributed by atoms with Gasteiger partial charge in [-0.1, -0.05) is 35.7 Å². The maximum Gasteiger partial charge on any atom is 0.338 e. The van der Waals surface area contributed by atoms with Crippen LogP contribution in [0.15, 0.2) is 48.8 Å². The number of aromatic nitrogens is 1. The van der Waals surface area contributed by atoms with Crippen LogP contribution in [0.2, 0.25) is 10.0 Å². The highest BCUT2D eigenvalue weighted by atomic mass is 35.5. The number of carbonyl (C=O) groups excluding carboxylic acids is 1. The molecule has 1 saturated heterocycles. The Morgan fingerprint density at radius 2 is 1.67 bits per heavy atom. The van der Waals surface area contributed by atoms with Crippen molar-refractivity contribution in [1.29, 1.82) is 0 Å². The average molecular weight is 725 g/mol. The smallest absolute Gasteiger partial charge is 0.338 e. The van der Waals surface area contributed by atoms with Gasteiger partial charge in [0, 0.05) is 25.1 Å². The summed E-state index contributed by atoms with van der Waals surface area (Å²) >= 11 is 13.0. The molecule has 1 aliphatic heterocycles. The van der Waals surface area contributed by atoms with E-state index < -0.39 is 22.1 Å². The molecular formula is C34H43Cl2N3O8S. The number of nitrogens with one attached hydrogen (secondary N) is 1. The van der Waals surface area contributed by atoms with Crippen molar-refractivity contribution in [2.75, 3.05) is 57.6 Å². The highest BCUT2D eigenvalue weighted by molar-refractivity contribution is 7.92. The Balaban J connectivity index is 0.00000520. The second-order valence-corrected chi connectivity index (χ2v) is 14.7. The number of sulfonamides is 1. The first-order valence-electron chi connectivity index (χ1n) is 15.8. The van der Waals surface area contributed by atoms with Gasteiger partial charge in [0.15, 0.2) is 23.9 Å². The van der Waals surface area contributed by atoms with E-state index in [9.17, 15) is 13.2 Å². The van der Waals surface area contributed by atoms with Gasteiger partial charge in [0.05, 0.1) is 38.3 Å². The second kappa shape index (κ2) is 16.9. The lowest BCUT2D eigenvalue weighted by atomic mass is 10.0. The molecule has 2 aliphatic rings. The van der Waals surface area contributed by atoms with Crippen molar-refractivity contribution < 1.29 is 42.6 Å². The molecule has 0 unspecified atom stereocenters. The molecule has 2 N–H and O–H groups in total. The molecule has 0 radical (unpaired) electrons. The fourth-order valence-corrected chi connectivity index (χ4v) is 7.12. The molecule has 14 heteroatoms. The third-order valence-electron chi connectivity index (χ3n) is 8.52. The van der Waals surface area contributed by atoms with E-state index in [0.29, 0.717) is 63.2 Å². The van der Waals surface area contributed by atoms with Gasteiger partial charge in [0.2, 0.25) is 10.0 Å². The minimum absolute atomic E-state index is 0. The molecule has 0 spiro atoms. The Morgan fingerprint density at radius 1 is 0.979 bits per heavy atom. The second-order valence-electron chi connectivity index (χ2n) is 12.0. The number of ether oxygens (including phenoxy) is 4. The van der Waals surface area contributed by atoms with Crippen molar-refractivity contribution in [2.45, 2.75) is 44.6 Å². The van der Waals surface area contributed by atoms with E-state index in [-0.39, 0.29) is 24.0 Å². The van der Waals surface area contributed by atoms with E-state index in [1.165, 1.54) is 24.1 Å². The number of rotatable bonds is 15. The lowest BCUT2D eigenvalue weighted by molar-refractivity contribution is -0.377. The number of benzene rings is 2. The van der Waals surface area contributed by atoms with Crippen molar-refractivity contribution in [3.8, 4) is 17.2 Å². The summed E-state index contributed by atoms with van der Waals surface area (Å²) in [7, 11) is -0.577. The van der Waals surface area contributed by atoms with Gasteiger partial charge in [-0.3, -0.25) is 4.31 Å². The molecule has 2 aromatic carbocycles. The van der Waals surface area contributed by atoms with Gasteiger partial charge in [-0.15, -0.1) is 0 Å². The molecule has 1 atom stereocenters. The van der Waals surface area contributed by atoms with Crippen molar-refractivity contribution in [3.63, 3.8) is 0 Å². The molecule has 2 fully saturated rings. The maximum atomic E-state index is 13.8. The number of halogens is 2. The first-order chi connectivity index (χ1) is 22.6. The molecule has 2 heterocycles. The van der Waals surface area contributed by atoms with E-state index >= 15 is 0 Å². The first-order valence-corrected chi connectivity index (χ1v) is 18.4. The fraction of sp³-hybridized carbons (Fsp3) is 0.471. The number of esters is 1. The van der Waals surface area contributed by atoms with E-state index in [4.69, 9.17) is 42.1 Å². The SMILES string of the molecule is COc1ccc([C@H](Cc2c(Cl)c[nH+]cc2Cl)OC(=O)c2ccc(N(CCN3CCCCC3)S(C)(=O)=O)c(OCC3CC3)c2)cc1OC.[OH-]. The van der Waals surface area contributed by atoms with Gasteiger partial charge in [0.25, 0.3) is 0 Å². The zero-order chi connectivity index (χ0) is 33.6. The van der Waals surface area contributed by atoms with Crippen molar-refractivity contribution in [2.24, 2.45) is 5.92 Å². The van der Waals surface area contributed by atoms with Gasteiger partial charge in [-0.2, -0.15) is 0 Å². The molecule has 0 amide bonds. The predicted octanol–water partition coefficient (Wildman–Crippen LogP) is 5.83. The molecule has 11 nitrogen and oxygen atoms in total. The average Bonchev–Trinajstić information content (AvgIpc) is 3.89. The van der Waals surface area contributed by atoms with E-state index in [1.54, 1.807) is 55.9 Å². The Hall–Kier alpha value is -3.29. The third kappa shape index (κ3) is 9.66. The van der Waals surface area contributed by atoms with Gasteiger partial charge in [-0.25, -0.2) is 18.2 Å². The number of carbonyl (C=O) groups is 1. The number of aromatic amines is 1. The van der Waals surface area contributed by atoms with Gasteiger partial charge >= 0.3 is 5.97 Å². The van der Waals surface area contributed by atoms with Gasteiger partial charge in [0.1, 0.15) is 21.9 Å². The number of piperidine rings is 1. The number of nitrogens with zero attached hydrogens (tertiary/aromatic N) is 2. The van der Waals surface area contributed by atoms with Crippen LogP contribution in [0, 0.1) is 5.92 Å². The van der Waals surface area contributed by atoms with Gasteiger partial charge < -0.3 is 29.3 Å². The van der Waals surface area contributed by atoms with Crippen LogP contribution in [0.5, 0.6) is 17.2 Å². The largest absolute Gasteiger partial charge is 0.870 e. The van der Waals surface area contributed by atoms with Crippen LogP contribution in [-0.2, 0) is 21.2 Å². The highest BCUT2D eigenvalue weighted by Crippen LogP contribution is 2.38. The van der Waals surface area contributed by atoms with Crippen LogP contribution in [0.3, 0.4) is 0 Å². The van der Waals surface area contributed by atoms with E-state index in [1.807, 2.05) is 0 Å². The number of hydrogen-bond donors (Lipinski definition) is 0. The number of anilines is 1. The number of H-pyrrole nitrogens is 1. The lowest BCUT2D eigenvalue weighted by Gasteiger charge is -2.30. The monoisotopic (exact) mass is 723 g/mol. The maximum absolute atomic E-state index is 13.8. The first kappa shape index (κ1) is 37.5. The van der Waals surface area contributed by atoms with Gasteiger partial charge in [-0.05, 0) is 80.6 Å². The Labute approximate surface area is 292 Å². The van der Waals surface area contributed by atoms with Crippen LogP contribution in [0.25, 0.3) is 0 Å². The van der Waals surface area contributed by atoms with E-state index in [2.05, 4.69) is 9.88 Å². The Kier molecular flexibility index (Phi) is 13.2. The quantitative estimate of drug-likeness (QED) is 0.177.